The van der Waals surface area contributed by atoms with E-state index in [0.717, 1.165) is 9.88 Å². The van der Waals surface area contributed by atoms with Gasteiger partial charge in [0.2, 0.25) is 4.96 Å². The predicted molar refractivity (Wildman–Crippen MR) is 101 cm³/mol. The average Bonchev–Trinajstić information content (AvgIpc) is 3.29. The smallest absolute Gasteiger partial charge is 0.340 e. The zero-order valence-electron chi connectivity index (χ0n) is 13.1. The number of aromatic nitrogens is 3. The number of benzene rings is 1. The SMILES string of the molecule is O=C(OCc1cc(=O)n2nc(-c3cccs3)sc2n1)c1ccccc1Cl. The summed E-state index contributed by atoms with van der Waals surface area (Å²) in [6.07, 6.45) is 0. The van der Waals surface area contributed by atoms with Crippen molar-refractivity contribution in [2.75, 3.05) is 0 Å². The summed E-state index contributed by atoms with van der Waals surface area (Å²) in [7, 11) is 0. The Bertz CT molecular complexity index is 1150. The van der Waals surface area contributed by atoms with Crippen LogP contribution in [0.4, 0.5) is 0 Å². The van der Waals surface area contributed by atoms with E-state index in [1.54, 1.807) is 24.3 Å². The second-order valence-corrected chi connectivity index (χ2v) is 7.53. The highest BCUT2D eigenvalue weighted by molar-refractivity contribution is 7.23. The van der Waals surface area contributed by atoms with Crippen LogP contribution in [-0.4, -0.2) is 20.6 Å². The van der Waals surface area contributed by atoms with Crippen molar-refractivity contribution < 1.29 is 9.53 Å². The monoisotopic (exact) mass is 403 g/mol. The predicted octanol–water partition coefficient (Wildman–Crippen LogP) is 3.89. The number of halogens is 1. The van der Waals surface area contributed by atoms with Crippen LogP contribution >= 0.6 is 34.3 Å². The van der Waals surface area contributed by atoms with Gasteiger partial charge in [0.25, 0.3) is 5.56 Å². The number of hydrogen-bond donors (Lipinski definition) is 0. The van der Waals surface area contributed by atoms with Gasteiger partial charge in [0, 0.05) is 6.07 Å². The number of nitrogens with zero attached hydrogens (tertiary/aromatic N) is 3. The molecule has 3 aromatic heterocycles. The van der Waals surface area contributed by atoms with Crippen LogP contribution in [0.15, 0.2) is 52.6 Å². The molecular weight excluding hydrogens is 394 g/mol. The van der Waals surface area contributed by atoms with E-state index in [9.17, 15) is 9.59 Å². The Hall–Kier alpha value is -2.55. The van der Waals surface area contributed by atoms with E-state index in [0.29, 0.717) is 15.7 Å². The minimum atomic E-state index is -0.568. The number of carbonyl (C=O) groups excluding carboxylic acids is 1. The third-order valence-electron chi connectivity index (χ3n) is 3.47. The Kier molecular flexibility index (Phi) is 4.54. The number of carbonyl (C=O) groups is 1. The number of esters is 1. The lowest BCUT2D eigenvalue weighted by atomic mass is 10.2. The van der Waals surface area contributed by atoms with Gasteiger partial charge in [-0.05, 0) is 23.6 Å². The molecule has 0 unspecified atom stereocenters. The Morgan fingerprint density at radius 1 is 1.23 bits per heavy atom. The summed E-state index contributed by atoms with van der Waals surface area (Å²) in [5.41, 5.74) is 0.305. The molecule has 0 radical (unpaired) electrons. The van der Waals surface area contributed by atoms with Gasteiger partial charge < -0.3 is 4.74 Å². The molecule has 0 fully saturated rings. The molecule has 0 aliphatic heterocycles. The van der Waals surface area contributed by atoms with E-state index in [2.05, 4.69) is 10.1 Å². The highest BCUT2D eigenvalue weighted by Crippen LogP contribution is 2.28. The fourth-order valence-corrected chi connectivity index (χ4v) is 4.20. The van der Waals surface area contributed by atoms with Gasteiger partial charge in [0.1, 0.15) is 6.61 Å². The van der Waals surface area contributed by atoms with Crippen molar-refractivity contribution in [1.82, 2.24) is 14.6 Å². The van der Waals surface area contributed by atoms with Gasteiger partial charge >= 0.3 is 5.97 Å². The molecule has 6 nitrogen and oxygen atoms in total. The number of rotatable bonds is 4. The third-order valence-corrected chi connectivity index (χ3v) is 5.75. The first-order valence-electron chi connectivity index (χ1n) is 7.47. The molecule has 9 heteroatoms. The van der Waals surface area contributed by atoms with Crippen LogP contribution in [0.3, 0.4) is 0 Å². The first-order valence-corrected chi connectivity index (χ1v) is 9.54. The van der Waals surface area contributed by atoms with E-state index in [1.165, 1.54) is 33.3 Å². The molecule has 0 spiro atoms. The molecule has 0 aliphatic rings. The second kappa shape index (κ2) is 6.99. The highest BCUT2D eigenvalue weighted by Gasteiger charge is 2.14. The topological polar surface area (TPSA) is 73.6 Å². The molecule has 0 atom stereocenters. The summed E-state index contributed by atoms with van der Waals surface area (Å²) in [5, 5.41) is 7.26. The van der Waals surface area contributed by atoms with E-state index < -0.39 is 5.97 Å². The van der Waals surface area contributed by atoms with Crippen molar-refractivity contribution in [3.63, 3.8) is 0 Å². The fraction of sp³-hybridized carbons (Fsp3) is 0.0588. The lowest BCUT2D eigenvalue weighted by Gasteiger charge is -2.05. The average molecular weight is 404 g/mol. The molecule has 0 aliphatic carbocycles. The minimum absolute atomic E-state index is 0.123. The van der Waals surface area contributed by atoms with Crippen LogP contribution < -0.4 is 5.56 Å². The number of fused-ring (bicyclic) bond motifs is 1. The number of thiophene rings is 1. The van der Waals surface area contributed by atoms with Crippen molar-refractivity contribution >= 4 is 45.2 Å². The lowest BCUT2D eigenvalue weighted by Crippen LogP contribution is -2.16. The zero-order chi connectivity index (χ0) is 18.1. The molecule has 0 amide bonds. The quantitative estimate of drug-likeness (QED) is 0.483. The molecule has 0 bridgehead atoms. The summed E-state index contributed by atoms with van der Waals surface area (Å²) >= 11 is 8.82. The maximum absolute atomic E-state index is 12.3. The van der Waals surface area contributed by atoms with Crippen LogP contribution in [-0.2, 0) is 11.3 Å². The molecule has 0 saturated heterocycles. The van der Waals surface area contributed by atoms with E-state index in [4.69, 9.17) is 16.3 Å². The van der Waals surface area contributed by atoms with Crippen LogP contribution in [0.1, 0.15) is 16.1 Å². The maximum atomic E-state index is 12.3. The molecule has 0 N–H and O–H groups in total. The minimum Gasteiger partial charge on any atom is -0.456 e. The first-order chi connectivity index (χ1) is 12.6. The Labute approximate surface area is 160 Å². The van der Waals surface area contributed by atoms with Gasteiger partial charge in [-0.15, -0.1) is 11.3 Å². The summed E-state index contributed by atoms with van der Waals surface area (Å²) in [5.74, 6) is -0.568. The van der Waals surface area contributed by atoms with Crippen LogP contribution in [0.25, 0.3) is 14.8 Å². The standard InChI is InChI=1S/C17H10ClN3O3S2/c18-12-5-2-1-4-11(12)16(23)24-9-10-8-14(22)21-17(19-10)26-15(20-21)13-6-3-7-25-13/h1-8H,9H2. The molecule has 4 aromatic rings. The van der Waals surface area contributed by atoms with Crippen molar-refractivity contribution in [3.05, 3.63) is 74.5 Å². The van der Waals surface area contributed by atoms with E-state index in [1.807, 2.05) is 17.5 Å². The van der Waals surface area contributed by atoms with Gasteiger partial charge in [-0.1, -0.05) is 41.1 Å². The molecule has 0 saturated carbocycles. The first kappa shape index (κ1) is 16.9. The number of ether oxygens (including phenoxy) is 1. The summed E-state index contributed by atoms with van der Waals surface area (Å²) in [6.45, 7) is -0.123. The normalized spacial score (nSPS) is 11.0. The van der Waals surface area contributed by atoms with Crippen molar-refractivity contribution in [2.24, 2.45) is 0 Å². The Morgan fingerprint density at radius 2 is 2.08 bits per heavy atom. The second-order valence-electron chi connectivity index (χ2n) is 5.22. The van der Waals surface area contributed by atoms with Gasteiger partial charge in [-0.25, -0.2) is 9.78 Å². The summed E-state index contributed by atoms with van der Waals surface area (Å²) in [4.78, 5) is 30.2. The van der Waals surface area contributed by atoms with Gasteiger partial charge in [0.15, 0.2) is 5.01 Å². The Balaban J connectivity index is 1.58. The fourth-order valence-electron chi connectivity index (χ4n) is 2.27. The maximum Gasteiger partial charge on any atom is 0.340 e. The highest BCUT2D eigenvalue weighted by atomic mass is 35.5. The van der Waals surface area contributed by atoms with Crippen LogP contribution in [0.2, 0.25) is 5.02 Å². The lowest BCUT2D eigenvalue weighted by molar-refractivity contribution is 0.0468. The van der Waals surface area contributed by atoms with E-state index in [-0.39, 0.29) is 17.7 Å². The van der Waals surface area contributed by atoms with Crippen molar-refractivity contribution in [3.8, 4) is 9.88 Å². The van der Waals surface area contributed by atoms with Gasteiger partial charge in [-0.2, -0.15) is 9.61 Å². The molecule has 26 heavy (non-hydrogen) atoms. The molecule has 3 heterocycles. The zero-order valence-corrected chi connectivity index (χ0v) is 15.5. The summed E-state index contributed by atoms with van der Waals surface area (Å²) in [6, 6.07) is 11.8. The largest absolute Gasteiger partial charge is 0.456 e. The molecule has 130 valence electrons. The van der Waals surface area contributed by atoms with Gasteiger partial charge in [0.05, 0.1) is 21.2 Å². The molecule has 4 rings (SSSR count). The van der Waals surface area contributed by atoms with E-state index >= 15 is 0 Å². The van der Waals surface area contributed by atoms with Crippen molar-refractivity contribution in [1.29, 1.82) is 0 Å². The van der Waals surface area contributed by atoms with Crippen molar-refractivity contribution in [2.45, 2.75) is 6.61 Å². The van der Waals surface area contributed by atoms with Gasteiger partial charge in [-0.3, -0.25) is 4.79 Å². The van der Waals surface area contributed by atoms with Crippen LogP contribution in [0.5, 0.6) is 0 Å². The molecule has 1 aromatic carbocycles. The number of hydrogen-bond acceptors (Lipinski definition) is 7. The third kappa shape index (κ3) is 3.26. The summed E-state index contributed by atoms with van der Waals surface area (Å²) < 4.78 is 6.48. The molecular formula is C17H10ClN3O3S2. The Morgan fingerprint density at radius 3 is 2.85 bits per heavy atom. The van der Waals surface area contributed by atoms with Crippen LogP contribution in [0, 0.1) is 0 Å².